The first kappa shape index (κ1) is 12.6. The summed E-state index contributed by atoms with van der Waals surface area (Å²) in [5.41, 5.74) is 8.51. The lowest BCUT2D eigenvalue weighted by Gasteiger charge is -2.23. The van der Waals surface area contributed by atoms with Crippen LogP contribution in [0.2, 0.25) is 0 Å². The number of rotatable bonds is 0. The van der Waals surface area contributed by atoms with E-state index in [4.69, 9.17) is 0 Å². The zero-order valence-electron chi connectivity index (χ0n) is 13.1. The molecule has 0 saturated carbocycles. The molecule has 0 heteroatoms. The van der Waals surface area contributed by atoms with Gasteiger partial charge in [-0.3, -0.25) is 0 Å². The van der Waals surface area contributed by atoms with Crippen LogP contribution in [0, 0.1) is 13.8 Å². The molecule has 0 aromatic heterocycles. The summed E-state index contributed by atoms with van der Waals surface area (Å²) in [7, 11) is 0. The minimum Gasteiger partial charge on any atom is -0.0587 e. The summed E-state index contributed by atoms with van der Waals surface area (Å²) in [6.07, 6.45) is 0. The van der Waals surface area contributed by atoms with E-state index in [-0.39, 0.29) is 5.41 Å². The molecule has 0 unspecified atom stereocenters. The van der Waals surface area contributed by atoms with Crippen LogP contribution in [0.1, 0.15) is 36.1 Å². The van der Waals surface area contributed by atoms with Gasteiger partial charge in [0.2, 0.25) is 0 Å². The SMILES string of the molecule is Cc1ccc2c(c1)C(C)(C)c1c-2ccc2cc(C)ccc12. The van der Waals surface area contributed by atoms with Crippen molar-refractivity contribution in [2.75, 3.05) is 0 Å². The van der Waals surface area contributed by atoms with E-state index in [9.17, 15) is 0 Å². The van der Waals surface area contributed by atoms with E-state index in [1.54, 1.807) is 0 Å². The molecule has 0 atom stereocenters. The highest BCUT2D eigenvalue weighted by Gasteiger charge is 2.36. The zero-order valence-corrected chi connectivity index (χ0v) is 13.1. The normalized spacial score (nSPS) is 15.0. The van der Waals surface area contributed by atoms with Crippen LogP contribution in [0.5, 0.6) is 0 Å². The molecular weight excluding hydrogens is 252 g/mol. The van der Waals surface area contributed by atoms with Crippen LogP contribution in [0.3, 0.4) is 0 Å². The molecule has 3 aromatic carbocycles. The standard InChI is InChI=1S/C21H20/c1-13-5-8-16-15(11-13)7-10-18-17-9-6-14(2)12-19(17)21(3,4)20(16)18/h5-12H,1-4H3. The van der Waals surface area contributed by atoms with Crippen molar-refractivity contribution in [3.8, 4) is 11.1 Å². The van der Waals surface area contributed by atoms with Gasteiger partial charge in [0, 0.05) is 5.41 Å². The van der Waals surface area contributed by atoms with Gasteiger partial charge >= 0.3 is 0 Å². The van der Waals surface area contributed by atoms with Crippen molar-refractivity contribution in [2.24, 2.45) is 0 Å². The fraction of sp³-hybridized carbons (Fsp3) is 0.238. The number of benzene rings is 3. The lowest BCUT2D eigenvalue weighted by Crippen LogP contribution is -2.15. The Morgan fingerprint density at radius 1 is 0.714 bits per heavy atom. The third kappa shape index (κ3) is 1.62. The monoisotopic (exact) mass is 272 g/mol. The fourth-order valence-electron chi connectivity index (χ4n) is 3.89. The predicted octanol–water partition coefficient (Wildman–Crippen LogP) is 5.76. The summed E-state index contributed by atoms with van der Waals surface area (Å²) in [6.45, 7) is 9.06. The number of hydrogen-bond donors (Lipinski definition) is 0. The molecule has 21 heavy (non-hydrogen) atoms. The Morgan fingerprint density at radius 3 is 2.19 bits per heavy atom. The van der Waals surface area contributed by atoms with Crippen molar-refractivity contribution in [2.45, 2.75) is 33.1 Å². The van der Waals surface area contributed by atoms with E-state index >= 15 is 0 Å². The molecule has 0 aliphatic heterocycles. The molecule has 0 bridgehead atoms. The second-order valence-corrected chi connectivity index (χ2v) is 6.89. The van der Waals surface area contributed by atoms with E-state index < -0.39 is 0 Å². The molecule has 104 valence electrons. The van der Waals surface area contributed by atoms with Crippen LogP contribution in [0.4, 0.5) is 0 Å². The van der Waals surface area contributed by atoms with E-state index in [1.807, 2.05) is 0 Å². The molecule has 0 heterocycles. The molecule has 0 fully saturated rings. The fourth-order valence-corrected chi connectivity index (χ4v) is 3.89. The topological polar surface area (TPSA) is 0 Å². The minimum atomic E-state index is 0.0749. The quantitative estimate of drug-likeness (QED) is 0.488. The zero-order chi connectivity index (χ0) is 14.8. The highest BCUT2D eigenvalue weighted by atomic mass is 14.4. The Balaban J connectivity index is 2.14. The van der Waals surface area contributed by atoms with Crippen molar-refractivity contribution in [3.63, 3.8) is 0 Å². The van der Waals surface area contributed by atoms with Crippen LogP contribution < -0.4 is 0 Å². The summed E-state index contributed by atoms with van der Waals surface area (Å²) in [4.78, 5) is 0. The van der Waals surface area contributed by atoms with Crippen molar-refractivity contribution >= 4 is 10.8 Å². The lowest BCUT2D eigenvalue weighted by molar-refractivity contribution is 0.665. The smallest absolute Gasteiger partial charge is 0.0165 e. The van der Waals surface area contributed by atoms with Gasteiger partial charge in [0.1, 0.15) is 0 Å². The first-order chi connectivity index (χ1) is 9.98. The van der Waals surface area contributed by atoms with Gasteiger partial charge in [-0.05, 0) is 46.9 Å². The minimum absolute atomic E-state index is 0.0749. The van der Waals surface area contributed by atoms with Crippen LogP contribution in [0.15, 0.2) is 48.5 Å². The summed E-state index contributed by atoms with van der Waals surface area (Å²) in [5.74, 6) is 0. The first-order valence-electron chi connectivity index (χ1n) is 7.64. The Morgan fingerprint density at radius 2 is 1.38 bits per heavy atom. The molecule has 0 radical (unpaired) electrons. The Kier molecular flexibility index (Phi) is 2.39. The maximum absolute atomic E-state index is 2.36. The third-order valence-corrected chi connectivity index (χ3v) is 4.94. The average Bonchev–Trinajstić information content (AvgIpc) is 2.67. The van der Waals surface area contributed by atoms with Gasteiger partial charge in [-0.25, -0.2) is 0 Å². The van der Waals surface area contributed by atoms with Crippen LogP contribution >= 0.6 is 0 Å². The number of fused-ring (bicyclic) bond motifs is 5. The molecule has 0 saturated heterocycles. The van der Waals surface area contributed by atoms with Crippen LogP contribution in [-0.4, -0.2) is 0 Å². The molecule has 3 aromatic rings. The molecule has 0 spiro atoms. The summed E-state index contributed by atoms with van der Waals surface area (Å²) in [6, 6.07) is 18.3. The lowest BCUT2D eigenvalue weighted by atomic mass is 9.80. The van der Waals surface area contributed by atoms with Crippen LogP contribution in [-0.2, 0) is 5.41 Å². The van der Waals surface area contributed by atoms with Crippen molar-refractivity contribution in [3.05, 3.63) is 70.8 Å². The van der Waals surface area contributed by atoms with Gasteiger partial charge in [-0.15, -0.1) is 0 Å². The highest BCUT2D eigenvalue weighted by molar-refractivity contribution is 5.97. The Bertz CT molecular complexity index is 882. The molecule has 4 rings (SSSR count). The molecule has 0 N–H and O–H groups in total. The van der Waals surface area contributed by atoms with Gasteiger partial charge < -0.3 is 0 Å². The first-order valence-corrected chi connectivity index (χ1v) is 7.64. The molecule has 1 aliphatic rings. The Hall–Kier alpha value is -2.08. The average molecular weight is 272 g/mol. The summed E-state index contributed by atoms with van der Waals surface area (Å²) in [5, 5.41) is 2.75. The maximum atomic E-state index is 2.36. The number of aryl methyl sites for hydroxylation is 2. The summed E-state index contributed by atoms with van der Waals surface area (Å²) < 4.78 is 0. The second-order valence-electron chi connectivity index (χ2n) is 6.89. The van der Waals surface area contributed by atoms with Crippen molar-refractivity contribution in [1.29, 1.82) is 0 Å². The third-order valence-electron chi connectivity index (χ3n) is 4.94. The van der Waals surface area contributed by atoms with Crippen LogP contribution in [0.25, 0.3) is 21.9 Å². The van der Waals surface area contributed by atoms with E-state index in [0.717, 1.165) is 0 Å². The van der Waals surface area contributed by atoms with E-state index in [0.29, 0.717) is 0 Å². The number of hydrogen-bond acceptors (Lipinski definition) is 0. The van der Waals surface area contributed by atoms with Crippen molar-refractivity contribution < 1.29 is 0 Å². The van der Waals surface area contributed by atoms with Gasteiger partial charge in [0.25, 0.3) is 0 Å². The maximum Gasteiger partial charge on any atom is 0.0165 e. The highest BCUT2D eigenvalue weighted by Crippen LogP contribution is 2.51. The predicted molar refractivity (Wildman–Crippen MR) is 91.0 cm³/mol. The van der Waals surface area contributed by atoms with Crippen molar-refractivity contribution in [1.82, 2.24) is 0 Å². The molecule has 0 nitrogen and oxygen atoms in total. The van der Waals surface area contributed by atoms with Gasteiger partial charge in [0.15, 0.2) is 0 Å². The Labute approximate surface area is 126 Å². The summed E-state index contributed by atoms with van der Waals surface area (Å²) >= 11 is 0. The molecule has 0 amide bonds. The molecule has 1 aliphatic carbocycles. The van der Waals surface area contributed by atoms with E-state index in [1.165, 1.54) is 44.2 Å². The van der Waals surface area contributed by atoms with Gasteiger partial charge in [-0.2, -0.15) is 0 Å². The molecular formula is C21H20. The van der Waals surface area contributed by atoms with Gasteiger partial charge in [-0.1, -0.05) is 73.5 Å². The second kappa shape index (κ2) is 3.98. The largest absolute Gasteiger partial charge is 0.0587 e. The van der Waals surface area contributed by atoms with E-state index in [2.05, 4.69) is 76.2 Å². The van der Waals surface area contributed by atoms with Gasteiger partial charge in [0.05, 0.1) is 0 Å².